The van der Waals surface area contributed by atoms with Crippen molar-refractivity contribution in [1.82, 2.24) is 5.32 Å². The molecular formula is C8H19NO. The Kier molecular flexibility index (Phi) is 4.99. The van der Waals surface area contributed by atoms with Crippen LogP contribution in [-0.4, -0.2) is 13.0 Å². The number of hydrogen-bond acceptors (Lipinski definition) is 1. The molecule has 0 aliphatic carbocycles. The summed E-state index contributed by atoms with van der Waals surface area (Å²) in [6, 6.07) is 0. The summed E-state index contributed by atoms with van der Waals surface area (Å²) in [6.07, 6.45) is 2.83. The number of amides is 1. The molecule has 0 aromatic rings. The van der Waals surface area contributed by atoms with Crippen molar-refractivity contribution in [3.05, 3.63) is 0 Å². The molecule has 0 atom stereocenters. The van der Waals surface area contributed by atoms with Gasteiger partial charge in [0, 0.05) is 14.9 Å². The van der Waals surface area contributed by atoms with Gasteiger partial charge in [0.15, 0.2) is 0 Å². The Labute approximate surface area is 64.5 Å². The van der Waals surface area contributed by atoms with Crippen LogP contribution in [0.1, 0.15) is 34.5 Å². The summed E-state index contributed by atoms with van der Waals surface area (Å²) in [5.41, 5.74) is 0. The topological polar surface area (TPSA) is 29.1 Å². The first kappa shape index (κ1) is 9.47. The van der Waals surface area contributed by atoms with Crippen molar-refractivity contribution in [3.63, 3.8) is 0 Å². The molecule has 2 heteroatoms. The summed E-state index contributed by atoms with van der Waals surface area (Å²) in [7, 11) is 1.68. The van der Waals surface area contributed by atoms with E-state index in [2.05, 4.69) is 19.2 Å². The highest BCUT2D eigenvalue weighted by molar-refractivity contribution is 5.75. The predicted octanol–water partition coefficient (Wildman–Crippen LogP) is 1.80. The molecule has 10 heavy (non-hydrogen) atoms. The maximum absolute atomic E-state index is 10.7. The SMILES string of the molecule is CNC(=O)CCCC(C)C.[HH]. The third-order valence-corrected chi connectivity index (χ3v) is 1.46. The molecular weight excluding hydrogens is 126 g/mol. The maximum atomic E-state index is 10.7. The predicted molar refractivity (Wildman–Crippen MR) is 44.9 cm³/mol. The maximum Gasteiger partial charge on any atom is 0.219 e. The zero-order chi connectivity index (χ0) is 7.98. The highest BCUT2D eigenvalue weighted by Crippen LogP contribution is 2.05. The van der Waals surface area contributed by atoms with Crippen LogP contribution >= 0.6 is 0 Å². The molecule has 0 aliphatic heterocycles. The van der Waals surface area contributed by atoms with Crippen LogP contribution in [-0.2, 0) is 4.79 Å². The molecule has 1 N–H and O–H groups in total. The Morgan fingerprint density at radius 1 is 1.60 bits per heavy atom. The zero-order valence-corrected chi connectivity index (χ0v) is 7.11. The first-order valence-electron chi connectivity index (χ1n) is 3.87. The molecule has 0 aromatic heterocycles. The minimum atomic E-state index is 0. The van der Waals surface area contributed by atoms with Crippen LogP contribution < -0.4 is 5.32 Å². The van der Waals surface area contributed by atoms with Crippen LogP contribution in [0.2, 0.25) is 0 Å². The van der Waals surface area contributed by atoms with Crippen LogP contribution in [0.4, 0.5) is 0 Å². The fraction of sp³-hybridized carbons (Fsp3) is 0.875. The van der Waals surface area contributed by atoms with Crippen molar-refractivity contribution in [2.45, 2.75) is 33.1 Å². The van der Waals surface area contributed by atoms with Gasteiger partial charge >= 0.3 is 0 Å². The van der Waals surface area contributed by atoms with Gasteiger partial charge in [0.05, 0.1) is 0 Å². The van der Waals surface area contributed by atoms with Gasteiger partial charge in [-0.05, 0) is 12.3 Å². The van der Waals surface area contributed by atoms with E-state index >= 15 is 0 Å². The second-order valence-electron chi connectivity index (χ2n) is 2.96. The first-order chi connectivity index (χ1) is 4.66. The second-order valence-corrected chi connectivity index (χ2v) is 2.96. The van der Waals surface area contributed by atoms with E-state index in [1.54, 1.807) is 7.05 Å². The van der Waals surface area contributed by atoms with E-state index in [1.165, 1.54) is 0 Å². The monoisotopic (exact) mass is 145 g/mol. The Morgan fingerprint density at radius 3 is 2.60 bits per heavy atom. The van der Waals surface area contributed by atoms with Crippen molar-refractivity contribution in [2.24, 2.45) is 5.92 Å². The minimum absolute atomic E-state index is 0. The van der Waals surface area contributed by atoms with Crippen LogP contribution in [0.15, 0.2) is 0 Å². The molecule has 0 saturated carbocycles. The average Bonchev–Trinajstić information content (AvgIpc) is 1.87. The number of carbonyl (C=O) groups excluding carboxylic acids is 1. The molecule has 0 saturated heterocycles. The van der Waals surface area contributed by atoms with Gasteiger partial charge in [0.1, 0.15) is 0 Å². The van der Waals surface area contributed by atoms with E-state index in [0.29, 0.717) is 12.3 Å². The Hall–Kier alpha value is -0.530. The smallest absolute Gasteiger partial charge is 0.219 e. The lowest BCUT2D eigenvalue weighted by Gasteiger charge is -2.02. The number of rotatable bonds is 4. The fourth-order valence-corrected chi connectivity index (χ4v) is 0.796. The molecule has 0 spiro atoms. The molecule has 0 aliphatic rings. The lowest BCUT2D eigenvalue weighted by atomic mass is 10.1. The molecule has 0 bridgehead atoms. The van der Waals surface area contributed by atoms with E-state index < -0.39 is 0 Å². The van der Waals surface area contributed by atoms with Gasteiger partial charge in [-0.25, -0.2) is 0 Å². The molecule has 0 unspecified atom stereocenters. The van der Waals surface area contributed by atoms with Gasteiger partial charge in [-0.15, -0.1) is 0 Å². The van der Waals surface area contributed by atoms with Crippen LogP contribution in [0.5, 0.6) is 0 Å². The summed E-state index contributed by atoms with van der Waals surface area (Å²) < 4.78 is 0. The summed E-state index contributed by atoms with van der Waals surface area (Å²) >= 11 is 0. The minimum Gasteiger partial charge on any atom is -0.359 e. The highest BCUT2D eigenvalue weighted by Gasteiger charge is 1.98. The van der Waals surface area contributed by atoms with Crippen LogP contribution in [0, 0.1) is 5.92 Å². The van der Waals surface area contributed by atoms with Crippen molar-refractivity contribution in [2.75, 3.05) is 7.05 Å². The Bertz CT molecular complexity index is 104. The molecule has 0 rings (SSSR count). The first-order valence-corrected chi connectivity index (χ1v) is 3.87. The van der Waals surface area contributed by atoms with Gasteiger partial charge in [0.2, 0.25) is 5.91 Å². The molecule has 0 aromatic carbocycles. The average molecular weight is 145 g/mol. The molecule has 0 heterocycles. The van der Waals surface area contributed by atoms with Crippen LogP contribution in [0.25, 0.3) is 0 Å². The number of nitrogens with one attached hydrogen (secondary N) is 1. The van der Waals surface area contributed by atoms with Crippen molar-refractivity contribution in [1.29, 1.82) is 0 Å². The normalized spacial score (nSPS) is 10.0. The largest absolute Gasteiger partial charge is 0.359 e. The van der Waals surface area contributed by atoms with Gasteiger partial charge in [-0.1, -0.05) is 20.3 Å². The third-order valence-electron chi connectivity index (χ3n) is 1.46. The van der Waals surface area contributed by atoms with E-state index in [9.17, 15) is 4.79 Å². The molecule has 0 fully saturated rings. The quantitative estimate of drug-likeness (QED) is 0.642. The van der Waals surface area contributed by atoms with Crippen molar-refractivity contribution in [3.8, 4) is 0 Å². The molecule has 2 nitrogen and oxygen atoms in total. The Balaban J connectivity index is 0. The third kappa shape index (κ3) is 5.60. The van der Waals surface area contributed by atoms with E-state index in [1.807, 2.05) is 0 Å². The van der Waals surface area contributed by atoms with E-state index in [-0.39, 0.29) is 7.33 Å². The van der Waals surface area contributed by atoms with E-state index in [0.717, 1.165) is 12.8 Å². The van der Waals surface area contributed by atoms with Gasteiger partial charge < -0.3 is 5.32 Å². The lowest BCUT2D eigenvalue weighted by Crippen LogP contribution is -2.17. The van der Waals surface area contributed by atoms with E-state index in [4.69, 9.17) is 0 Å². The van der Waals surface area contributed by atoms with Gasteiger partial charge in [0.25, 0.3) is 0 Å². The summed E-state index contributed by atoms with van der Waals surface area (Å²) in [5, 5.41) is 2.60. The molecule has 62 valence electrons. The summed E-state index contributed by atoms with van der Waals surface area (Å²) in [4.78, 5) is 10.7. The van der Waals surface area contributed by atoms with Gasteiger partial charge in [-0.3, -0.25) is 4.79 Å². The van der Waals surface area contributed by atoms with Gasteiger partial charge in [-0.2, -0.15) is 0 Å². The van der Waals surface area contributed by atoms with Crippen molar-refractivity contribution >= 4 is 5.91 Å². The standard InChI is InChI=1S/C8H17NO.H2/c1-7(2)5-4-6-8(10)9-3;/h7H,4-6H2,1-3H3,(H,9,10);1H. The number of hydrogen-bond donors (Lipinski definition) is 1. The fourth-order valence-electron chi connectivity index (χ4n) is 0.796. The van der Waals surface area contributed by atoms with Crippen LogP contribution in [0.3, 0.4) is 0 Å². The lowest BCUT2D eigenvalue weighted by molar-refractivity contribution is -0.120. The van der Waals surface area contributed by atoms with Crippen molar-refractivity contribution < 1.29 is 6.22 Å². The molecule has 0 radical (unpaired) electrons. The number of carbonyl (C=O) groups is 1. The highest BCUT2D eigenvalue weighted by atomic mass is 16.1. The Morgan fingerprint density at radius 2 is 2.20 bits per heavy atom. The molecule has 1 amide bonds. The second kappa shape index (κ2) is 5.27. The summed E-state index contributed by atoms with van der Waals surface area (Å²) in [5.74, 6) is 0.866. The zero-order valence-electron chi connectivity index (χ0n) is 7.11. The summed E-state index contributed by atoms with van der Waals surface area (Å²) in [6.45, 7) is 4.34.